The van der Waals surface area contributed by atoms with E-state index in [0.29, 0.717) is 6.42 Å². The van der Waals surface area contributed by atoms with E-state index in [-0.39, 0.29) is 22.3 Å². The summed E-state index contributed by atoms with van der Waals surface area (Å²) in [5.74, 6) is -0.693. The first kappa shape index (κ1) is 22.7. The van der Waals surface area contributed by atoms with Gasteiger partial charge in [0.15, 0.2) is 0 Å². The third kappa shape index (κ3) is 26.0. The first-order valence-corrected chi connectivity index (χ1v) is 2.49. The molecule has 0 bridgehead atoms. The summed E-state index contributed by atoms with van der Waals surface area (Å²) in [6, 6.07) is 0. The van der Waals surface area contributed by atoms with Gasteiger partial charge in [-0.3, -0.25) is 4.79 Å². The average Bonchev–Trinajstić information content (AvgIpc) is 1.61. The van der Waals surface area contributed by atoms with Crippen LogP contribution in [0.3, 0.4) is 0 Å². The molecule has 0 spiro atoms. The Morgan fingerprint density at radius 1 is 1.30 bits per heavy atom. The van der Waals surface area contributed by atoms with Gasteiger partial charge < -0.3 is 5.11 Å². The third-order valence-corrected chi connectivity index (χ3v) is 0.744. The normalized spacial score (nSPS) is 6.10. The lowest BCUT2D eigenvalue weighted by Gasteiger charge is -1.85. The number of carbonyl (C=O) groups is 1. The largest absolute Gasteiger partial charge is 0.481 e. The monoisotopic (exact) mass is 150 g/mol. The molecule has 66 valence electrons. The van der Waals surface area contributed by atoms with E-state index in [2.05, 4.69) is 0 Å². The molecule has 0 rings (SSSR count). The summed E-state index contributed by atoms with van der Waals surface area (Å²) in [7, 11) is 0. The second-order valence-electron chi connectivity index (χ2n) is 1.50. The lowest BCUT2D eigenvalue weighted by molar-refractivity contribution is -0.137. The Hall–Kier alpha value is -0.530. The predicted octanol–water partition coefficient (Wildman–Crippen LogP) is 3.17. The molecular formula is C8H22O2. The zero-order chi connectivity index (χ0) is 5.70. The van der Waals surface area contributed by atoms with E-state index in [0.717, 1.165) is 12.8 Å². The molecule has 0 radical (unpaired) electrons. The number of hydrogen-bond acceptors (Lipinski definition) is 1. The molecule has 0 unspecified atom stereocenters. The van der Waals surface area contributed by atoms with Gasteiger partial charge in [0.1, 0.15) is 0 Å². The van der Waals surface area contributed by atoms with Crippen LogP contribution in [0, 0.1) is 0 Å². The van der Waals surface area contributed by atoms with E-state index in [1.807, 2.05) is 6.92 Å². The predicted molar refractivity (Wildman–Crippen MR) is 47.4 cm³/mol. The van der Waals surface area contributed by atoms with Crippen LogP contribution in [0.2, 0.25) is 0 Å². The smallest absolute Gasteiger partial charge is 0.303 e. The topological polar surface area (TPSA) is 37.3 Å². The summed E-state index contributed by atoms with van der Waals surface area (Å²) in [4.78, 5) is 9.76. The van der Waals surface area contributed by atoms with Crippen LogP contribution in [0.4, 0.5) is 0 Å². The van der Waals surface area contributed by atoms with Crippen LogP contribution in [-0.4, -0.2) is 11.1 Å². The van der Waals surface area contributed by atoms with Crippen LogP contribution in [0.25, 0.3) is 0 Å². The fraction of sp³-hybridized carbons (Fsp3) is 0.875. The van der Waals surface area contributed by atoms with Crippen LogP contribution >= 0.6 is 0 Å². The van der Waals surface area contributed by atoms with Crippen molar-refractivity contribution in [3.8, 4) is 0 Å². The maximum absolute atomic E-state index is 9.76. The Morgan fingerprint density at radius 2 is 1.70 bits per heavy atom. The highest BCUT2D eigenvalue weighted by atomic mass is 16.4. The number of hydrogen-bond donors (Lipinski definition) is 1. The number of rotatable bonds is 3. The van der Waals surface area contributed by atoms with Crippen molar-refractivity contribution in [1.29, 1.82) is 0 Å². The van der Waals surface area contributed by atoms with E-state index in [1.165, 1.54) is 0 Å². The third-order valence-electron chi connectivity index (χ3n) is 0.744. The quantitative estimate of drug-likeness (QED) is 0.671. The van der Waals surface area contributed by atoms with Crippen molar-refractivity contribution in [1.82, 2.24) is 0 Å². The molecule has 0 aliphatic carbocycles. The molecule has 0 atom stereocenters. The average molecular weight is 150 g/mol. The zero-order valence-electron chi connectivity index (χ0n) is 4.48. The van der Waals surface area contributed by atoms with Crippen molar-refractivity contribution in [3.05, 3.63) is 0 Å². The molecule has 0 heterocycles. The molecule has 0 aromatic rings. The Kier molecular flexibility index (Phi) is 35.9. The summed E-state index contributed by atoms with van der Waals surface area (Å²) in [5, 5.41) is 8.04. The molecule has 0 aliphatic heterocycles. The summed E-state index contributed by atoms with van der Waals surface area (Å²) < 4.78 is 0. The van der Waals surface area contributed by atoms with Gasteiger partial charge in [0.2, 0.25) is 0 Å². The second kappa shape index (κ2) is 15.8. The van der Waals surface area contributed by atoms with Crippen molar-refractivity contribution in [2.75, 3.05) is 0 Å². The fourth-order valence-electron chi connectivity index (χ4n) is 0.328. The van der Waals surface area contributed by atoms with Gasteiger partial charge in [-0.15, -0.1) is 0 Å². The van der Waals surface area contributed by atoms with Gasteiger partial charge in [0.25, 0.3) is 0 Å². The minimum absolute atomic E-state index is 0. The number of aliphatic carboxylic acids is 1. The summed E-state index contributed by atoms with van der Waals surface area (Å²) >= 11 is 0. The van der Waals surface area contributed by atoms with Gasteiger partial charge in [-0.05, 0) is 6.42 Å². The fourth-order valence-corrected chi connectivity index (χ4v) is 0.328. The van der Waals surface area contributed by atoms with Crippen LogP contribution in [-0.2, 0) is 4.79 Å². The maximum atomic E-state index is 9.76. The molecule has 0 saturated carbocycles. The zero-order valence-corrected chi connectivity index (χ0v) is 4.48. The lowest BCUT2D eigenvalue weighted by Crippen LogP contribution is -1.91. The maximum Gasteiger partial charge on any atom is 0.303 e. The first-order valence-electron chi connectivity index (χ1n) is 2.49. The number of carboxylic acid groups (broad SMARTS) is 1. The van der Waals surface area contributed by atoms with Gasteiger partial charge >= 0.3 is 5.97 Å². The van der Waals surface area contributed by atoms with Crippen LogP contribution in [0.5, 0.6) is 0 Å². The Balaban J connectivity index is -0.0000000600. The molecule has 0 fully saturated rings. The van der Waals surface area contributed by atoms with Crippen molar-refractivity contribution in [2.45, 2.75) is 48.5 Å². The molecular weight excluding hydrogens is 128 g/mol. The molecule has 1 N–H and O–H groups in total. The molecule has 0 aromatic heterocycles. The molecule has 0 aliphatic rings. The van der Waals surface area contributed by atoms with Crippen molar-refractivity contribution >= 4 is 5.97 Å². The van der Waals surface area contributed by atoms with Crippen molar-refractivity contribution in [2.24, 2.45) is 0 Å². The highest BCUT2D eigenvalue weighted by Gasteiger charge is 1.90. The standard InChI is InChI=1S/C5H10O2.3CH4/c1-2-3-4-5(6)7;;;/h2-4H2,1H3,(H,6,7);3*1H4. The molecule has 10 heavy (non-hydrogen) atoms. The van der Waals surface area contributed by atoms with Gasteiger partial charge in [0, 0.05) is 6.42 Å². The molecule has 2 heteroatoms. The highest BCUT2D eigenvalue weighted by molar-refractivity contribution is 5.66. The minimum Gasteiger partial charge on any atom is -0.481 e. The van der Waals surface area contributed by atoms with Gasteiger partial charge in [-0.2, -0.15) is 0 Å². The number of unbranched alkanes of at least 4 members (excludes halogenated alkanes) is 1. The van der Waals surface area contributed by atoms with Crippen molar-refractivity contribution in [3.63, 3.8) is 0 Å². The van der Waals surface area contributed by atoms with E-state index in [4.69, 9.17) is 5.11 Å². The van der Waals surface area contributed by atoms with Gasteiger partial charge in [0.05, 0.1) is 0 Å². The highest BCUT2D eigenvalue weighted by Crippen LogP contribution is 1.91. The molecule has 0 saturated heterocycles. The van der Waals surface area contributed by atoms with E-state index < -0.39 is 5.97 Å². The molecule has 0 aromatic carbocycles. The Labute approximate surface area is 65.3 Å². The second-order valence-corrected chi connectivity index (χ2v) is 1.50. The van der Waals surface area contributed by atoms with E-state index >= 15 is 0 Å². The molecule has 2 nitrogen and oxygen atoms in total. The van der Waals surface area contributed by atoms with E-state index in [9.17, 15) is 4.79 Å². The Morgan fingerprint density at radius 3 is 1.80 bits per heavy atom. The Bertz CT molecular complexity index is 60.3. The van der Waals surface area contributed by atoms with Crippen LogP contribution < -0.4 is 0 Å². The summed E-state index contributed by atoms with van der Waals surface area (Å²) in [6.45, 7) is 1.98. The summed E-state index contributed by atoms with van der Waals surface area (Å²) in [6.07, 6.45) is 2.08. The minimum atomic E-state index is -0.693. The molecule has 0 amide bonds. The van der Waals surface area contributed by atoms with Gasteiger partial charge in [-0.1, -0.05) is 35.6 Å². The first-order chi connectivity index (χ1) is 3.27. The van der Waals surface area contributed by atoms with Crippen LogP contribution in [0.15, 0.2) is 0 Å². The van der Waals surface area contributed by atoms with Gasteiger partial charge in [-0.25, -0.2) is 0 Å². The van der Waals surface area contributed by atoms with Crippen molar-refractivity contribution < 1.29 is 9.90 Å². The number of carboxylic acids is 1. The lowest BCUT2D eigenvalue weighted by atomic mass is 10.3. The summed E-state index contributed by atoms with van der Waals surface area (Å²) in [5.41, 5.74) is 0. The van der Waals surface area contributed by atoms with Crippen LogP contribution in [0.1, 0.15) is 48.5 Å². The SMILES string of the molecule is C.C.C.CCCCC(=O)O. The van der Waals surface area contributed by atoms with E-state index in [1.54, 1.807) is 0 Å².